The van der Waals surface area contributed by atoms with Crippen molar-refractivity contribution in [3.05, 3.63) is 0 Å². The second-order valence-electron chi connectivity index (χ2n) is 7.76. The van der Waals surface area contributed by atoms with E-state index in [1.807, 2.05) is 25.7 Å². The van der Waals surface area contributed by atoms with Gasteiger partial charge in [0.2, 0.25) is 0 Å². The lowest BCUT2D eigenvalue weighted by Crippen LogP contribution is -2.41. The van der Waals surface area contributed by atoms with Gasteiger partial charge in [-0.05, 0) is 57.8 Å². The predicted octanol–water partition coefficient (Wildman–Crippen LogP) is 2.63. The molecule has 2 aliphatic carbocycles. The fourth-order valence-electron chi connectivity index (χ4n) is 3.58. The first-order valence-electron chi connectivity index (χ1n) is 8.13. The van der Waals surface area contributed by atoms with Crippen molar-refractivity contribution in [3.8, 4) is 0 Å². The van der Waals surface area contributed by atoms with E-state index >= 15 is 0 Å². The number of nitrogens with zero attached hydrogens (tertiary/aromatic N) is 1. The van der Waals surface area contributed by atoms with E-state index in [0.717, 1.165) is 19.0 Å². The van der Waals surface area contributed by atoms with E-state index in [2.05, 4.69) is 12.2 Å². The first kappa shape index (κ1) is 14.2. The summed E-state index contributed by atoms with van der Waals surface area (Å²) in [6.45, 7) is 9.80. The third-order valence-electron chi connectivity index (χ3n) is 4.88. The third kappa shape index (κ3) is 2.95. The molecule has 0 spiro atoms. The lowest BCUT2D eigenvalue weighted by molar-refractivity contribution is 0.0268. The Morgan fingerprint density at radius 3 is 2.35 bits per heavy atom. The highest BCUT2D eigenvalue weighted by molar-refractivity contribution is 5.69. The summed E-state index contributed by atoms with van der Waals surface area (Å²) in [6, 6.07) is 1.36. The van der Waals surface area contributed by atoms with Crippen LogP contribution in [0.2, 0.25) is 0 Å². The summed E-state index contributed by atoms with van der Waals surface area (Å²) in [7, 11) is 0. The fourth-order valence-corrected chi connectivity index (χ4v) is 3.58. The summed E-state index contributed by atoms with van der Waals surface area (Å²) >= 11 is 0. The summed E-state index contributed by atoms with van der Waals surface area (Å²) in [5.41, 5.74) is -0.388. The molecule has 2 saturated carbocycles. The number of carbonyl (C=O) groups is 1. The Hall–Kier alpha value is -0.770. The Morgan fingerprint density at radius 2 is 1.90 bits per heavy atom. The number of hydrogen-bond acceptors (Lipinski definition) is 3. The molecular formula is C16H28N2O2. The standard InChI is InChI=1S/C16H28N2O2/c1-5-13(10-6-7-10)17-14-11-8-18(9-12(11)14)15(19)20-16(2,3)4/h10-14,17H,5-9H2,1-4H3. The van der Waals surface area contributed by atoms with Gasteiger partial charge < -0.3 is 15.0 Å². The Labute approximate surface area is 122 Å². The largest absolute Gasteiger partial charge is 0.444 e. The molecule has 3 unspecified atom stereocenters. The van der Waals surface area contributed by atoms with Crippen molar-refractivity contribution in [2.45, 2.75) is 64.6 Å². The van der Waals surface area contributed by atoms with Gasteiger partial charge in [0.15, 0.2) is 0 Å². The Morgan fingerprint density at radius 1 is 1.30 bits per heavy atom. The van der Waals surface area contributed by atoms with Crippen LogP contribution in [0.3, 0.4) is 0 Å². The van der Waals surface area contributed by atoms with Crippen LogP contribution >= 0.6 is 0 Å². The van der Waals surface area contributed by atoms with Crippen LogP contribution in [-0.2, 0) is 4.74 Å². The molecule has 1 amide bonds. The molecule has 114 valence electrons. The van der Waals surface area contributed by atoms with Crippen molar-refractivity contribution < 1.29 is 9.53 Å². The van der Waals surface area contributed by atoms with E-state index in [1.165, 1.54) is 19.3 Å². The van der Waals surface area contributed by atoms with Gasteiger partial charge in [0.25, 0.3) is 0 Å². The lowest BCUT2D eigenvalue weighted by atomic mass is 10.1. The number of fused-ring (bicyclic) bond motifs is 1. The van der Waals surface area contributed by atoms with Gasteiger partial charge in [0.05, 0.1) is 0 Å². The van der Waals surface area contributed by atoms with E-state index in [4.69, 9.17) is 4.74 Å². The number of rotatable bonds is 4. The molecule has 0 aromatic rings. The maximum atomic E-state index is 12.0. The highest BCUT2D eigenvalue weighted by Gasteiger charge is 2.58. The summed E-state index contributed by atoms with van der Waals surface area (Å²) in [5.74, 6) is 2.24. The zero-order valence-electron chi connectivity index (χ0n) is 13.2. The molecule has 1 saturated heterocycles. The van der Waals surface area contributed by atoms with Gasteiger partial charge >= 0.3 is 6.09 Å². The average Bonchev–Trinajstić information content (AvgIpc) is 3.23. The highest BCUT2D eigenvalue weighted by Crippen LogP contribution is 2.47. The Bertz CT molecular complexity index is 374. The molecule has 0 bridgehead atoms. The molecule has 3 rings (SSSR count). The molecule has 0 aromatic heterocycles. The molecule has 3 fully saturated rings. The Balaban J connectivity index is 1.44. The minimum absolute atomic E-state index is 0.141. The molecule has 4 heteroatoms. The number of hydrogen-bond donors (Lipinski definition) is 1. The summed E-state index contributed by atoms with van der Waals surface area (Å²) in [5, 5.41) is 3.83. The van der Waals surface area contributed by atoms with E-state index in [0.29, 0.717) is 23.9 Å². The van der Waals surface area contributed by atoms with Crippen molar-refractivity contribution in [3.63, 3.8) is 0 Å². The van der Waals surface area contributed by atoms with Crippen molar-refractivity contribution >= 4 is 6.09 Å². The Kier molecular flexibility index (Phi) is 3.47. The average molecular weight is 280 g/mol. The molecule has 3 aliphatic rings. The van der Waals surface area contributed by atoms with Gasteiger partial charge in [-0.25, -0.2) is 4.79 Å². The van der Waals surface area contributed by atoms with E-state index < -0.39 is 0 Å². The second kappa shape index (κ2) is 4.90. The number of ether oxygens (including phenoxy) is 1. The number of amides is 1. The maximum Gasteiger partial charge on any atom is 0.410 e. The van der Waals surface area contributed by atoms with Gasteiger partial charge in [0, 0.05) is 25.2 Å². The first-order chi connectivity index (χ1) is 9.39. The quantitative estimate of drug-likeness (QED) is 0.860. The van der Waals surface area contributed by atoms with E-state index in [9.17, 15) is 4.79 Å². The van der Waals surface area contributed by atoms with Crippen LogP contribution in [0, 0.1) is 17.8 Å². The van der Waals surface area contributed by atoms with Crippen LogP contribution in [0.5, 0.6) is 0 Å². The molecular weight excluding hydrogens is 252 g/mol. The van der Waals surface area contributed by atoms with E-state index in [-0.39, 0.29) is 11.7 Å². The van der Waals surface area contributed by atoms with Gasteiger partial charge in [-0.15, -0.1) is 0 Å². The second-order valence-corrected chi connectivity index (χ2v) is 7.76. The van der Waals surface area contributed by atoms with Crippen molar-refractivity contribution in [2.24, 2.45) is 17.8 Å². The van der Waals surface area contributed by atoms with Gasteiger partial charge in [-0.2, -0.15) is 0 Å². The molecule has 4 nitrogen and oxygen atoms in total. The van der Waals surface area contributed by atoms with Crippen molar-refractivity contribution in [1.29, 1.82) is 0 Å². The first-order valence-corrected chi connectivity index (χ1v) is 8.13. The van der Waals surface area contributed by atoms with Crippen LogP contribution in [0.25, 0.3) is 0 Å². The fraction of sp³-hybridized carbons (Fsp3) is 0.938. The smallest absolute Gasteiger partial charge is 0.410 e. The van der Waals surface area contributed by atoms with Gasteiger partial charge in [-0.1, -0.05) is 6.92 Å². The minimum Gasteiger partial charge on any atom is -0.444 e. The zero-order valence-corrected chi connectivity index (χ0v) is 13.2. The summed E-state index contributed by atoms with van der Waals surface area (Å²) in [6.07, 6.45) is 3.89. The van der Waals surface area contributed by atoms with Crippen LogP contribution in [0.1, 0.15) is 47.0 Å². The van der Waals surface area contributed by atoms with Gasteiger partial charge in [0.1, 0.15) is 5.60 Å². The maximum absolute atomic E-state index is 12.0. The van der Waals surface area contributed by atoms with E-state index in [1.54, 1.807) is 0 Å². The van der Waals surface area contributed by atoms with Crippen LogP contribution in [0.15, 0.2) is 0 Å². The van der Waals surface area contributed by atoms with Crippen LogP contribution in [0.4, 0.5) is 4.79 Å². The SMILES string of the molecule is CCC(NC1C2CN(C(=O)OC(C)(C)C)CC21)C1CC1. The minimum atomic E-state index is -0.388. The molecule has 0 aromatic carbocycles. The molecule has 0 radical (unpaired) electrons. The van der Waals surface area contributed by atoms with Crippen molar-refractivity contribution in [1.82, 2.24) is 10.2 Å². The monoisotopic (exact) mass is 280 g/mol. The molecule has 1 aliphatic heterocycles. The van der Waals surface area contributed by atoms with Gasteiger partial charge in [-0.3, -0.25) is 0 Å². The number of carbonyl (C=O) groups excluding carboxylic acids is 1. The molecule has 1 heterocycles. The summed E-state index contributed by atoms with van der Waals surface area (Å²) < 4.78 is 5.44. The van der Waals surface area contributed by atoms with Crippen LogP contribution < -0.4 is 5.32 Å². The third-order valence-corrected chi connectivity index (χ3v) is 4.88. The molecule has 20 heavy (non-hydrogen) atoms. The van der Waals surface area contributed by atoms with Crippen molar-refractivity contribution in [2.75, 3.05) is 13.1 Å². The van der Waals surface area contributed by atoms with Crippen LogP contribution in [-0.4, -0.2) is 41.8 Å². The lowest BCUT2D eigenvalue weighted by Gasteiger charge is -2.26. The topological polar surface area (TPSA) is 41.6 Å². The normalized spacial score (nSPS) is 33.8. The predicted molar refractivity (Wildman–Crippen MR) is 78.5 cm³/mol. The molecule has 1 N–H and O–H groups in total. The number of piperidine rings is 1. The molecule has 3 atom stereocenters. The zero-order chi connectivity index (χ0) is 14.5. The number of nitrogens with one attached hydrogen (secondary N) is 1. The number of likely N-dealkylation sites (tertiary alicyclic amines) is 1. The summed E-state index contributed by atoms with van der Waals surface area (Å²) in [4.78, 5) is 13.9. The highest BCUT2D eigenvalue weighted by atomic mass is 16.6.